The van der Waals surface area contributed by atoms with Gasteiger partial charge in [0.1, 0.15) is 0 Å². The lowest BCUT2D eigenvalue weighted by Gasteiger charge is -2.27. The summed E-state index contributed by atoms with van der Waals surface area (Å²) in [6, 6.07) is -0.0129. The maximum atomic E-state index is 10.2. The topological polar surface area (TPSA) is 75.3 Å². The molecular weight excluding hydrogens is 180 g/mol. The van der Waals surface area contributed by atoms with Gasteiger partial charge >= 0.3 is 6.09 Å². The van der Waals surface area contributed by atoms with Crippen molar-refractivity contribution in [2.75, 3.05) is 0 Å². The van der Waals surface area contributed by atoms with E-state index in [-0.39, 0.29) is 24.5 Å². The van der Waals surface area contributed by atoms with E-state index in [1.165, 1.54) is 0 Å². The van der Waals surface area contributed by atoms with Crippen molar-refractivity contribution in [1.82, 2.24) is 5.32 Å². The van der Waals surface area contributed by atoms with Gasteiger partial charge in [-0.25, -0.2) is 4.79 Å². The number of carboxylic acid groups (broad SMARTS) is 1. The zero-order valence-electron chi connectivity index (χ0n) is 6.82. The van der Waals surface area contributed by atoms with Crippen molar-refractivity contribution < 1.29 is 9.90 Å². The Balaban J connectivity index is 0.00000121. The summed E-state index contributed by atoms with van der Waals surface area (Å²) in [5.74, 6) is 0. The van der Waals surface area contributed by atoms with Crippen LogP contribution in [0.5, 0.6) is 0 Å². The molecule has 1 fully saturated rings. The van der Waals surface area contributed by atoms with Crippen LogP contribution in [0, 0.1) is 0 Å². The largest absolute Gasteiger partial charge is 0.465 e. The molecule has 1 saturated carbocycles. The molecule has 0 heterocycles. The fourth-order valence-corrected chi connectivity index (χ4v) is 1.50. The molecular formula is C7H15ClN2O2. The summed E-state index contributed by atoms with van der Waals surface area (Å²) in [6.07, 6.45) is 3.06. The summed E-state index contributed by atoms with van der Waals surface area (Å²) in [6.45, 7) is 0. The highest BCUT2D eigenvalue weighted by Gasteiger charge is 2.22. The second-order valence-electron chi connectivity index (χ2n) is 3.00. The van der Waals surface area contributed by atoms with Crippen LogP contribution in [-0.4, -0.2) is 23.3 Å². The van der Waals surface area contributed by atoms with E-state index in [4.69, 9.17) is 10.8 Å². The van der Waals surface area contributed by atoms with E-state index in [0.29, 0.717) is 0 Å². The van der Waals surface area contributed by atoms with Crippen LogP contribution in [-0.2, 0) is 0 Å². The van der Waals surface area contributed by atoms with E-state index >= 15 is 0 Å². The minimum atomic E-state index is -0.965. The van der Waals surface area contributed by atoms with Crippen LogP contribution in [0.15, 0.2) is 0 Å². The third kappa shape index (κ3) is 3.28. The van der Waals surface area contributed by atoms with Crippen molar-refractivity contribution in [3.05, 3.63) is 0 Å². The van der Waals surface area contributed by atoms with E-state index in [1.807, 2.05) is 0 Å². The quantitative estimate of drug-likeness (QED) is 0.582. The number of carbonyl (C=O) groups is 1. The molecule has 0 aromatic carbocycles. The van der Waals surface area contributed by atoms with E-state index in [2.05, 4.69) is 5.32 Å². The van der Waals surface area contributed by atoms with Crippen LogP contribution in [0.3, 0.4) is 0 Å². The smallest absolute Gasteiger partial charge is 0.404 e. The number of hydrogen-bond acceptors (Lipinski definition) is 2. The number of amides is 1. The molecule has 0 spiro atoms. The van der Waals surface area contributed by atoms with Gasteiger partial charge in [0.05, 0.1) is 0 Å². The SMILES string of the molecule is Cl.N[C@@H]1CCCC[C@H]1NC(=O)O. The van der Waals surface area contributed by atoms with Crippen molar-refractivity contribution in [3.8, 4) is 0 Å². The summed E-state index contributed by atoms with van der Waals surface area (Å²) in [7, 11) is 0. The lowest BCUT2D eigenvalue weighted by atomic mass is 9.91. The minimum absolute atomic E-state index is 0. The van der Waals surface area contributed by atoms with Crippen molar-refractivity contribution >= 4 is 18.5 Å². The first-order valence-electron chi connectivity index (χ1n) is 3.95. The fourth-order valence-electron chi connectivity index (χ4n) is 1.50. The van der Waals surface area contributed by atoms with Crippen LogP contribution >= 0.6 is 12.4 Å². The molecule has 2 atom stereocenters. The van der Waals surface area contributed by atoms with E-state index in [0.717, 1.165) is 25.7 Å². The Kier molecular flexibility index (Phi) is 5.01. The molecule has 0 saturated heterocycles. The highest BCUT2D eigenvalue weighted by molar-refractivity contribution is 5.85. The van der Waals surface area contributed by atoms with Crippen molar-refractivity contribution in [2.45, 2.75) is 37.8 Å². The summed E-state index contributed by atoms with van der Waals surface area (Å²) in [5.41, 5.74) is 5.70. The number of hydrogen-bond donors (Lipinski definition) is 3. The number of nitrogens with one attached hydrogen (secondary N) is 1. The summed E-state index contributed by atoms with van der Waals surface area (Å²) in [4.78, 5) is 10.2. The Morgan fingerprint density at radius 3 is 2.50 bits per heavy atom. The highest BCUT2D eigenvalue weighted by Crippen LogP contribution is 2.16. The van der Waals surface area contributed by atoms with Gasteiger partial charge in [-0.1, -0.05) is 12.8 Å². The average Bonchev–Trinajstić information content (AvgIpc) is 1.93. The Labute approximate surface area is 77.9 Å². The van der Waals surface area contributed by atoms with E-state index in [9.17, 15) is 4.79 Å². The Hall–Kier alpha value is -0.480. The van der Waals surface area contributed by atoms with Gasteiger partial charge < -0.3 is 16.2 Å². The van der Waals surface area contributed by atoms with Crippen LogP contribution in [0.4, 0.5) is 4.79 Å². The highest BCUT2D eigenvalue weighted by atomic mass is 35.5. The molecule has 4 nitrogen and oxygen atoms in total. The molecule has 72 valence electrons. The van der Waals surface area contributed by atoms with Gasteiger partial charge in [-0.2, -0.15) is 0 Å². The molecule has 0 aromatic heterocycles. The van der Waals surface area contributed by atoms with Crippen LogP contribution in [0.1, 0.15) is 25.7 Å². The average molecular weight is 195 g/mol. The van der Waals surface area contributed by atoms with Gasteiger partial charge in [0.25, 0.3) is 0 Å². The van der Waals surface area contributed by atoms with Gasteiger partial charge in [-0.15, -0.1) is 12.4 Å². The second-order valence-corrected chi connectivity index (χ2v) is 3.00. The minimum Gasteiger partial charge on any atom is -0.465 e. The third-order valence-electron chi connectivity index (χ3n) is 2.13. The normalized spacial score (nSPS) is 28.8. The summed E-state index contributed by atoms with van der Waals surface area (Å²) < 4.78 is 0. The maximum Gasteiger partial charge on any atom is 0.404 e. The van der Waals surface area contributed by atoms with Gasteiger partial charge in [0.2, 0.25) is 0 Å². The monoisotopic (exact) mass is 194 g/mol. The zero-order valence-corrected chi connectivity index (χ0v) is 7.64. The lowest BCUT2D eigenvalue weighted by Crippen LogP contribution is -2.48. The maximum absolute atomic E-state index is 10.2. The molecule has 0 radical (unpaired) electrons. The predicted molar refractivity (Wildman–Crippen MR) is 48.6 cm³/mol. The van der Waals surface area contributed by atoms with Crippen LogP contribution in [0.2, 0.25) is 0 Å². The number of halogens is 1. The van der Waals surface area contributed by atoms with Gasteiger partial charge in [-0.05, 0) is 12.8 Å². The molecule has 12 heavy (non-hydrogen) atoms. The molecule has 4 N–H and O–H groups in total. The fraction of sp³-hybridized carbons (Fsp3) is 0.857. The first-order chi connectivity index (χ1) is 5.20. The van der Waals surface area contributed by atoms with E-state index in [1.54, 1.807) is 0 Å². The first kappa shape index (κ1) is 11.5. The Morgan fingerprint density at radius 1 is 1.42 bits per heavy atom. The predicted octanol–water partition coefficient (Wildman–Crippen LogP) is 0.946. The molecule has 0 aliphatic heterocycles. The van der Waals surface area contributed by atoms with Gasteiger partial charge in [0, 0.05) is 12.1 Å². The molecule has 1 amide bonds. The Morgan fingerprint density at radius 2 is 2.00 bits per heavy atom. The van der Waals surface area contributed by atoms with Crippen molar-refractivity contribution in [2.24, 2.45) is 5.73 Å². The van der Waals surface area contributed by atoms with E-state index < -0.39 is 6.09 Å². The molecule has 0 unspecified atom stereocenters. The number of nitrogens with two attached hydrogens (primary N) is 1. The number of rotatable bonds is 1. The van der Waals surface area contributed by atoms with Crippen LogP contribution < -0.4 is 11.1 Å². The van der Waals surface area contributed by atoms with Gasteiger partial charge in [0.15, 0.2) is 0 Å². The molecule has 1 rings (SSSR count). The Bertz CT molecular complexity index is 154. The molecule has 1 aliphatic carbocycles. The third-order valence-corrected chi connectivity index (χ3v) is 2.13. The van der Waals surface area contributed by atoms with Crippen LogP contribution in [0.25, 0.3) is 0 Å². The lowest BCUT2D eigenvalue weighted by molar-refractivity contribution is 0.183. The standard InChI is InChI=1S/C7H14N2O2.ClH/c8-5-3-1-2-4-6(5)9-7(10)11;/h5-6,9H,1-4,8H2,(H,10,11);1H/t5-,6-;/m1./s1. The van der Waals surface area contributed by atoms with Crippen molar-refractivity contribution in [3.63, 3.8) is 0 Å². The molecule has 1 aliphatic rings. The molecule has 0 aromatic rings. The summed E-state index contributed by atoms with van der Waals surface area (Å²) in [5, 5.41) is 10.8. The molecule has 5 heteroatoms. The second kappa shape index (κ2) is 5.22. The van der Waals surface area contributed by atoms with Gasteiger partial charge in [-0.3, -0.25) is 0 Å². The first-order valence-corrected chi connectivity index (χ1v) is 3.95. The molecule has 0 bridgehead atoms. The summed E-state index contributed by atoms with van der Waals surface area (Å²) >= 11 is 0. The van der Waals surface area contributed by atoms with Crippen molar-refractivity contribution in [1.29, 1.82) is 0 Å². The zero-order chi connectivity index (χ0) is 8.27.